The van der Waals surface area contributed by atoms with Gasteiger partial charge in [-0.2, -0.15) is 0 Å². The highest BCUT2D eigenvalue weighted by Gasteiger charge is 2.00. The van der Waals surface area contributed by atoms with E-state index >= 15 is 0 Å². The fraction of sp³-hybridized carbons (Fsp3) is 0.500. The van der Waals surface area contributed by atoms with Gasteiger partial charge in [0.25, 0.3) is 0 Å². The van der Waals surface area contributed by atoms with Gasteiger partial charge in [-0.1, -0.05) is 43.7 Å². The van der Waals surface area contributed by atoms with Crippen LogP contribution in [0.4, 0.5) is 0 Å². The molecule has 1 nitrogen and oxygen atoms in total. The first-order valence-corrected chi connectivity index (χ1v) is 5.12. The number of nitrogens with two attached hydrogens (primary N) is 1. The summed E-state index contributed by atoms with van der Waals surface area (Å²) in [6, 6.07) is 10.9. The summed E-state index contributed by atoms with van der Waals surface area (Å²) in [7, 11) is 0. The molecular formula is C12H19N. The van der Waals surface area contributed by atoms with Gasteiger partial charge < -0.3 is 5.73 Å². The maximum Gasteiger partial charge on any atom is 0.00418 e. The number of rotatable bonds is 5. The van der Waals surface area contributed by atoms with E-state index in [1.807, 2.05) is 0 Å². The van der Waals surface area contributed by atoms with Gasteiger partial charge in [-0.15, -0.1) is 0 Å². The summed E-state index contributed by atoms with van der Waals surface area (Å²) in [5.41, 5.74) is 7.33. The lowest BCUT2D eigenvalue weighted by molar-refractivity contribution is 0.561. The molecule has 0 aliphatic heterocycles. The van der Waals surface area contributed by atoms with E-state index in [0.717, 1.165) is 19.3 Å². The molecule has 1 rings (SSSR count). The second kappa shape index (κ2) is 5.76. The van der Waals surface area contributed by atoms with Crippen molar-refractivity contribution in [3.8, 4) is 0 Å². The quantitative estimate of drug-likeness (QED) is 0.735. The fourth-order valence-corrected chi connectivity index (χ4v) is 1.51. The minimum atomic E-state index is 0.380. The minimum absolute atomic E-state index is 0.380. The lowest BCUT2D eigenvalue weighted by Crippen LogP contribution is -2.20. The number of aryl methyl sites for hydroxylation is 1. The average Bonchev–Trinajstić information content (AvgIpc) is 2.17. The van der Waals surface area contributed by atoms with Crippen LogP contribution in [0.2, 0.25) is 0 Å². The van der Waals surface area contributed by atoms with Crippen molar-refractivity contribution in [3.63, 3.8) is 0 Å². The van der Waals surface area contributed by atoms with Crippen LogP contribution in [-0.2, 0) is 6.42 Å². The van der Waals surface area contributed by atoms with Gasteiger partial charge in [0.05, 0.1) is 0 Å². The maximum absolute atomic E-state index is 5.93. The molecule has 0 fully saturated rings. The zero-order valence-electron chi connectivity index (χ0n) is 8.37. The number of hydrogen-bond donors (Lipinski definition) is 1. The summed E-state index contributed by atoms with van der Waals surface area (Å²) in [6.07, 6.45) is 4.56. The van der Waals surface area contributed by atoms with Crippen LogP contribution in [0.3, 0.4) is 0 Å². The normalized spacial score (nSPS) is 12.8. The Morgan fingerprint density at radius 2 is 1.85 bits per heavy atom. The summed E-state index contributed by atoms with van der Waals surface area (Å²) in [6.45, 7) is 2.18. The van der Waals surface area contributed by atoms with Crippen molar-refractivity contribution in [1.29, 1.82) is 0 Å². The van der Waals surface area contributed by atoms with Gasteiger partial charge in [-0.3, -0.25) is 0 Å². The Hall–Kier alpha value is -0.820. The third-order valence-electron chi connectivity index (χ3n) is 2.31. The van der Waals surface area contributed by atoms with E-state index in [1.165, 1.54) is 12.0 Å². The van der Waals surface area contributed by atoms with Crippen molar-refractivity contribution >= 4 is 0 Å². The van der Waals surface area contributed by atoms with Gasteiger partial charge in [0, 0.05) is 6.04 Å². The standard InChI is InChI=1S/C12H19N/c1-2-6-12(13)10-9-11-7-4-3-5-8-11/h3-5,7-8,12H,2,6,9-10,13H2,1H3. The van der Waals surface area contributed by atoms with Gasteiger partial charge in [-0.25, -0.2) is 0 Å². The maximum atomic E-state index is 5.93. The van der Waals surface area contributed by atoms with Crippen molar-refractivity contribution in [1.82, 2.24) is 0 Å². The first-order chi connectivity index (χ1) is 6.33. The Balaban J connectivity index is 2.27. The van der Waals surface area contributed by atoms with E-state index in [2.05, 4.69) is 37.3 Å². The van der Waals surface area contributed by atoms with E-state index in [1.54, 1.807) is 0 Å². The van der Waals surface area contributed by atoms with Crippen LogP contribution in [0, 0.1) is 0 Å². The molecular weight excluding hydrogens is 158 g/mol. The number of hydrogen-bond acceptors (Lipinski definition) is 1. The van der Waals surface area contributed by atoms with Gasteiger partial charge in [-0.05, 0) is 24.8 Å². The zero-order valence-corrected chi connectivity index (χ0v) is 8.37. The second-order valence-corrected chi connectivity index (χ2v) is 3.57. The largest absolute Gasteiger partial charge is 0.328 e. The van der Waals surface area contributed by atoms with Crippen LogP contribution in [0.5, 0.6) is 0 Å². The SMILES string of the molecule is CCCC(N)CCc1ccccc1. The molecule has 1 aromatic rings. The summed E-state index contributed by atoms with van der Waals surface area (Å²) in [5.74, 6) is 0. The highest BCUT2D eigenvalue weighted by molar-refractivity contribution is 5.14. The molecule has 72 valence electrons. The first kappa shape index (κ1) is 10.3. The summed E-state index contributed by atoms with van der Waals surface area (Å²) in [5, 5.41) is 0. The van der Waals surface area contributed by atoms with Crippen molar-refractivity contribution in [2.75, 3.05) is 0 Å². The molecule has 0 saturated heterocycles. The van der Waals surface area contributed by atoms with Crippen molar-refractivity contribution < 1.29 is 0 Å². The van der Waals surface area contributed by atoms with Crippen molar-refractivity contribution in [2.24, 2.45) is 5.73 Å². The van der Waals surface area contributed by atoms with E-state index in [4.69, 9.17) is 5.73 Å². The van der Waals surface area contributed by atoms with E-state index in [0.29, 0.717) is 6.04 Å². The molecule has 0 spiro atoms. The summed E-state index contributed by atoms with van der Waals surface area (Å²) in [4.78, 5) is 0. The lowest BCUT2D eigenvalue weighted by atomic mass is 10.0. The lowest BCUT2D eigenvalue weighted by Gasteiger charge is -2.09. The highest BCUT2D eigenvalue weighted by atomic mass is 14.6. The van der Waals surface area contributed by atoms with E-state index < -0.39 is 0 Å². The van der Waals surface area contributed by atoms with Crippen LogP contribution < -0.4 is 5.73 Å². The molecule has 1 aromatic carbocycles. The van der Waals surface area contributed by atoms with Crippen LogP contribution in [0.1, 0.15) is 31.7 Å². The Bertz CT molecular complexity index is 218. The molecule has 0 aliphatic carbocycles. The Morgan fingerprint density at radius 1 is 1.15 bits per heavy atom. The molecule has 0 radical (unpaired) electrons. The van der Waals surface area contributed by atoms with Gasteiger partial charge in [0.2, 0.25) is 0 Å². The predicted molar refractivity (Wildman–Crippen MR) is 57.6 cm³/mol. The van der Waals surface area contributed by atoms with Crippen LogP contribution in [-0.4, -0.2) is 6.04 Å². The van der Waals surface area contributed by atoms with Gasteiger partial charge in [0.15, 0.2) is 0 Å². The molecule has 2 N–H and O–H groups in total. The predicted octanol–water partition coefficient (Wildman–Crippen LogP) is 2.75. The van der Waals surface area contributed by atoms with Crippen LogP contribution in [0.15, 0.2) is 30.3 Å². The van der Waals surface area contributed by atoms with Crippen molar-refractivity contribution in [3.05, 3.63) is 35.9 Å². The molecule has 0 aliphatic rings. The van der Waals surface area contributed by atoms with Crippen LogP contribution >= 0.6 is 0 Å². The minimum Gasteiger partial charge on any atom is -0.328 e. The molecule has 0 amide bonds. The molecule has 13 heavy (non-hydrogen) atoms. The summed E-state index contributed by atoms with van der Waals surface area (Å²) < 4.78 is 0. The molecule has 1 atom stereocenters. The molecule has 1 heteroatoms. The topological polar surface area (TPSA) is 26.0 Å². The van der Waals surface area contributed by atoms with E-state index in [-0.39, 0.29) is 0 Å². The Morgan fingerprint density at radius 3 is 2.46 bits per heavy atom. The third-order valence-corrected chi connectivity index (χ3v) is 2.31. The Kier molecular flexibility index (Phi) is 4.55. The molecule has 1 unspecified atom stereocenters. The fourth-order valence-electron chi connectivity index (χ4n) is 1.51. The molecule has 0 heterocycles. The number of benzene rings is 1. The Labute approximate surface area is 81.0 Å². The van der Waals surface area contributed by atoms with Gasteiger partial charge in [0.1, 0.15) is 0 Å². The van der Waals surface area contributed by atoms with Gasteiger partial charge >= 0.3 is 0 Å². The average molecular weight is 177 g/mol. The summed E-state index contributed by atoms with van der Waals surface area (Å²) >= 11 is 0. The zero-order chi connectivity index (χ0) is 9.52. The van der Waals surface area contributed by atoms with E-state index in [9.17, 15) is 0 Å². The monoisotopic (exact) mass is 177 g/mol. The third kappa shape index (κ3) is 4.09. The van der Waals surface area contributed by atoms with Crippen LogP contribution in [0.25, 0.3) is 0 Å². The first-order valence-electron chi connectivity index (χ1n) is 5.12. The van der Waals surface area contributed by atoms with Crippen molar-refractivity contribution in [2.45, 2.75) is 38.6 Å². The molecule has 0 bridgehead atoms. The molecule has 0 aromatic heterocycles. The second-order valence-electron chi connectivity index (χ2n) is 3.57. The highest BCUT2D eigenvalue weighted by Crippen LogP contribution is 2.06. The molecule has 0 saturated carbocycles. The smallest absolute Gasteiger partial charge is 0.00418 e.